The number of halogens is 1. The van der Waals surface area contributed by atoms with E-state index >= 15 is 0 Å². The summed E-state index contributed by atoms with van der Waals surface area (Å²) in [5.41, 5.74) is 0. The summed E-state index contributed by atoms with van der Waals surface area (Å²) in [6.45, 7) is 27.4. The van der Waals surface area contributed by atoms with Gasteiger partial charge < -0.3 is 68.5 Å². The standard InChI is InChI=1S/C14H23N3O3.C12H25N3O3S.C11H21N3O4S.3C3H8O2.C2H3ClO2S.H3NOS/c1-20-12-11-16-9-7-15(8-10-16)5-2-6-17-13(18)3-4-14(17)19;1-3-19(16,17)13-5-4-6-14-7-9-15(10-8-14)11-12-18-2;1-17-9-8-13-4-6-14(7-5-13)10(15)2-3-11(16)18-12-19;3*1-5-3-2-4;1-2-6(3,4)5;2-1-3/h3-4H,2,5-12H2,1H3;3,13H,1,4-12H2,2H3;12,19H,2-9H2,1H3;3*4H,2-3H2,1H3;2H,1H2;1-3H. The van der Waals surface area contributed by atoms with Crippen molar-refractivity contribution in [1.29, 1.82) is 0 Å². The number of aliphatic hydroxyl groups excluding tert-OH is 3. The van der Waals surface area contributed by atoms with Gasteiger partial charge in [-0.2, -0.15) is 4.89 Å². The number of hydrogen-bond acceptors (Lipinski definition) is 28. The minimum Gasteiger partial charge on any atom is -0.394 e. The van der Waals surface area contributed by atoms with Crippen LogP contribution in [-0.4, -0.2) is 322 Å². The topological polar surface area (TPSA) is 341 Å². The third-order valence-corrected chi connectivity index (χ3v) is 13.1. The lowest BCUT2D eigenvalue weighted by Gasteiger charge is -2.34. The number of hydrogen-bond donors (Lipinski definition) is 9. The number of piperazine rings is 3. The third kappa shape index (κ3) is 55.3. The van der Waals surface area contributed by atoms with Crippen molar-refractivity contribution in [2.45, 2.75) is 25.7 Å². The molecule has 0 bridgehead atoms. The van der Waals surface area contributed by atoms with Crippen molar-refractivity contribution in [3.63, 3.8) is 0 Å². The highest BCUT2D eigenvalue weighted by atomic mass is 35.7. The van der Waals surface area contributed by atoms with Crippen molar-refractivity contribution >= 4 is 79.1 Å². The van der Waals surface area contributed by atoms with Gasteiger partial charge in [-0.3, -0.25) is 38.8 Å². The molecule has 7 N–H and O–H groups in total. The van der Waals surface area contributed by atoms with E-state index in [-0.39, 0.29) is 50.4 Å². The molecule has 4 aliphatic rings. The lowest BCUT2D eigenvalue weighted by molar-refractivity contribution is -0.149. The number of aliphatic hydroxyl groups is 3. The molecule has 0 unspecified atom stereocenters. The molecule has 4 aliphatic heterocycles. The van der Waals surface area contributed by atoms with Crippen LogP contribution >= 0.6 is 36.3 Å². The number of thiol groups is 2. The summed E-state index contributed by atoms with van der Waals surface area (Å²) < 4.78 is 72.5. The first-order valence-corrected chi connectivity index (χ1v) is 31.0. The lowest BCUT2D eigenvalue weighted by atomic mass is 10.2. The first kappa shape index (κ1) is 85.9. The smallest absolute Gasteiger partial charge is 0.326 e. The summed E-state index contributed by atoms with van der Waals surface area (Å²) in [5.74, 6) is -0.858. The van der Waals surface area contributed by atoms with Crippen molar-refractivity contribution in [3.8, 4) is 0 Å². The zero-order valence-corrected chi connectivity index (χ0v) is 53.2. The van der Waals surface area contributed by atoms with Gasteiger partial charge in [-0.1, -0.05) is 43.7 Å². The molecule has 0 atom stereocenters. The molecule has 34 heteroatoms. The van der Waals surface area contributed by atoms with Crippen molar-refractivity contribution in [2.75, 3.05) is 226 Å². The summed E-state index contributed by atoms with van der Waals surface area (Å²) in [6.07, 6.45) is 4.60. The lowest BCUT2D eigenvalue weighted by Crippen LogP contribution is -2.49. The number of nitrogens with zero attached hydrogens (tertiary/aromatic N) is 7. The number of sulfonamides is 1. The normalized spacial score (nSPS) is 15.8. The molecule has 3 fully saturated rings. The van der Waals surface area contributed by atoms with Crippen LogP contribution < -0.4 is 14.5 Å². The van der Waals surface area contributed by atoms with Gasteiger partial charge in [-0.25, -0.2) is 21.6 Å². The molecule has 4 rings (SSSR count). The molecule has 3 saturated heterocycles. The van der Waals surface area contributed by atoms with E-state index in [9.17, 15) is 36.0 Å². The highest BCUT2D eigenvalue weighted by Crippen LogP contribution is 2.08. The monoisotopic (exact) mass is 1280 g/mol. The SMILES string of the molecule is C=CS(=O)(=O)Cl.C=CS(=O)(=O)NCCCN1CCN(CCOC)CC1.COCCN1CCN(C(=O)CCC(=O)ONS)CC1.COCCN1CCN(CCCN2C(=O)C=CC2=O)CC1.COCCO.COCCO.COCCO.ONS. The van der Waals surface area contributed by atoms with Gasteiger partial charge in [0.25, 0.3) is 20.9 Å². The van der Waals surface area contributed by atoms with Crippen LogP contribution in [-0.2, 0) is 71.5 Å². The molecule has 486 valence electrons. The molecule has 0 radical (unpaired) electrons. The predicted octanol–water partition coefficient (Wildman–Crippen LogP) is -1.90. The fraction of sp³-hybridized carbons (Fsp3) is 0.792. The maximum Gasteiger partial charge on any atom is 0.326 e. The van der Waals surface area contributed by atoms with E-state index in [2.05, 4.69) is 97.7 Å². The first-order valence-electron chi connectivity index (χ1n) is 26.2. The minimum atomic E-state index is -3.43. The average molecular weight is 1280 g/mol. The number of amides is 3. The molecule has 0 saturated carbocycles. The Balaban J connectivity index is -0.000000464. The number of methoxy groups -OCH3 is 6. The van der Waals surface area contributed by atoms with Crippen molar-refractivity contribution < 1.29 is 89.8 Å². The van der Waals surface area contributed by atoms with E-state index in [4.69, 9.17) is 34.7 Å². The fourth-order valence-corrected chi connectivity index (χ4v) is 7.43. The molecule has 29 nitrogen and oxygen atoms in total. The highest BCUT2D eigenvalue weighted by Gasteiger charge is 2.24. The molecular weight excluding hydrogens is 1180 g/mol. The summed E-state index contributed by atoms with van der Waals surface area (Å²) in [7, 11) is 7.66. The van der Waals surface area contributed by atoms with Crippen LogP contribution in [0.15, 0.2) is 36.1 Å². The van der Waals surface area contributed by atoms with E-state index in [0.717, 1.165) is 130 Å². The van der Waals surface area contributed by atoms with Crippen LogP contribution in [0, 0.1) is 0 Å². The van der Waals surface area contributed by atoms with Crippen LogP contribution in [0.5, 0.6) is 0 Å². The van der Waals surface area contributed by atoms with Crippen LogP contribution in [0.3, 0.4) is 0 Å². The maximum atomic E-state index is 11.9. The number of rotatable bonds is 30. The Kier molecular flexibility index (Phi) is 63.0. The number of ether oxygens (including phenoxy) is 6. The quantitative estimate of drug-likeness (QED) is 0.0125. The molecule has 0 aliphatic carbocycles. The molecule has 82 heavy (non-hydrogen) atoms. The van der Waals surface area contributed by atoms with E-state index in [0.29, 0.717) is 58.0 Å². The number of nitrogens with one attached hydrogen (secondary N) is 3. The van der Waals surface area contributed by atoms with Crippen molar-refractivity contribution in [2.24, 2.45) is 0 Å². The van der Waals surface area contributed by atoms with Gasteiger partial charge >= 0.3 is 5.97 Å². The first-order chi connectivity index (χ1) is 39.2. The van der Waals surface area contributed by atoms with Gasteiger partial charge in [0, 0.05) is 194 Å². The van der Waals surface area contributed by atoms with Gasteiger partial charge in [-0.15, -0.1) is 0 Å². The van der Waals surface area contributed by atoms with Gasteiger partial charge in [0.2, 0.25) is 15.9 Å². The molecule has 0 aromatic heterocycles. The van der Waals surface area contributed by atoms with E-state index in [1.165, 1.54) is 21.9 Å². The molecule has 4 heterocycles. The average Bonchev–Trinajstić information content (AvgIpc) is 3.79. The third-order valence-electron chi connectivity index (χ3n) is 11.2. The largest absolute Gasteiger partial charge is 0.394 e. The van der Waals surface area contributed by atoms with Gasteiger partial charge in [0.15, 0.2) is 0 Å². The maximum absolute atomic E-state index is 11.9. The van der Waals surface area contributed by atoms with Gasteiger partial charge in [-0.05, 0) is 25.9 Å². The van der Waals surface area contributed by atoms with Crippen LogP contribution in [0.2, 0.25) is 0 Å². The molecule has 3 amide bonds. The van der Waals surface area contributed by atoms with E-state index in [1.54, 1.807) is 47.6 Å². The Labute approximate surface area is 503 Å². The molecule has 0 spiro atoms. The summed E-state index contributed by atoms with van der Waals surface area (Å²) in [5, 5.41) is 32.6. The Bertz CT molecular complexity index is 1770. The Morgan fingerprint density at radius 2 is 0.902 bits per heavy atom. The fourth-order valence-electron chi connectivity index (χ4n) is 6.78. The van der Waals surface area contributed by atoms with Crippen LogP contribution in [0.25, 0.3) is 0 Å². The van der Waals surface area contributed by atoms with Crippen molar-refractivity contribution in [1.82, 2.24) is 48.8 Å². The molecule has 0 aromatic rings. The summed E-state index contributed by atoms with van der Waals surface area (Å²) >= 11 is 6.63. The minimum absolute atomic E-state index is 0.0116. The van der Waals surface area contributed by atoms with Crippen LogP contribution in [0.4, 0.5) is 0 Å². The van der Waals surface area contributed by atoms with Crippen molar-refractivity contribution in [3.05, 3.63) is 36.1 Å². The number of carbonyl (C=O) groups is 4. The Morgan fingerprint density at radius 3 is 1.20 bits per heavy atom. The summed E-state index contributed by atoms with van der Waals surface area (Å²) in [6, 6.07) is 0. The zero-order valence-electron chi connectivity index (χ0n) is 49.0. The van der Waals surface area contributed by atoms with E-state index in [1.807, 2.05) is 4.89 Å². The molecular formula is C48H99ClN10O19S4. The number of imide groups is 1. The van der Waals surface area contributed by atoms with Gasteiger partial charge in [0.05, 0.1) is 65.9 Å². The molecule has 0 aromatic carbocycles. The summed E-state index contributed by atoms with van der Waals surface area (Å²) in [4.78, 5) is 68.5. The van der Waals surface area contributed by atoms with Crippen LogP contribution in [0.1, 0.15) is 25.7 Å². The van der Waals surface area contributed by atoms with Gasteiger partial charge in [0.1, 0.15) is 0 Å². The second-order valence-corrected chi connectivity index (χ2v) is 21.7. The second kappa shape index (κ2) is 60.2. The Hall–Kier alpha value is -2.53. The predicted molar refractivity (Wildman–Crippen MR) is 320 cm³/mol. The Morgan fingerprint density at radius 1 is 0.573 bits per heavy atom. The highest BCUT2D eigenvalue weighted by molar-refractivity contribution is 8.16. The van der Waals surface area contributed by atoms with E-state index < -0.39 is 25.0 Å². The zero-order chi connectivity index (χ0) is 62.9. The second-order valence-electron chi connectivity index (χ2n) is 17.0. The number of carbonyl (C=O) groups excluding carboxylic acids is 4.